The molecule has 0 saturated carbocycles. The molecule has 0 saturated heterocycles. The second-order valence-corrected chi connectivity index (χ2v) is 7.35. The van der Waals surface area contributed by atoms with Crippen molar-refractivity contribution in [1.82, 2.24) is 9.78 Å². The fraction of sp³-hybridized carbons (Fsp3) is 0. The van der Waals surface area contributed by atoms with Crippen molar-refractivity contribution in [1.29, 1.82) is 0 Å². The minimum atomic E-state index is -0.557. The van der Waals surface area contributed by atoms with E-state index in [0.29, 0.717) is 22.0 Å². The first-order valence-corrected chi connectivity index (χ1v) is 9.48. The van der Waals surface area contributed by atoms with Crippen LogP contribution in [0.1, 0.15) is 5.76 Å². The quantitative estimate of drug-likeness (QED) is 0.353. The molecule has 8 nitrogen and oxygen atoms in total. The smallest absolute Gasteiger partial charge is 0.279 e. The highest BCUT2D eigenvalue weighted by Gasteiger charge is 2.15. The summed E-state index contributed by atoms with van der Waals surface area (Å²) in [5.41, 5.74) is 0.335. The van der Waals surface area contributed by atoms with E-state index in [4.69, 9.17) is 4.42 Å². The number of aromatic hydroxyl groups is 1. The van der Waals surface area contributed by atoms with Crippen LogP contribution in [-0.2, 0) is 0 Å². The van der Waals surface area contributed by atoms with Gasteiger partial charge in [0.15, 0.2) is 0 Å². The van der Waals surface area contributed by atoms with Crippen LogP contribution in [0.25, 0.3) is 29.7 Å². The fourth-order valence-electron chi connectivity index (χ4n) is 2.99. The minimum absolute atomic E-state index is 0.155. The van der Waals surface area contributed by atoms with E-state index in [1.807, 2.05) is 12.1 Å². The van der Waals surface area contributed by atoms with Gasteiger partial charge in [-0.05, 0) is 42.5 Å². The highest BCUT2D eigenvalue weighted by Crippen LogP contribution is 2.33. The van der Waals surface area contributed by atoms with E-state index in [1.54, 1.807) is 24.3 Å². The third-order valence-electron chi connectivity index (χ3n) is 4.44. The van der Waals surface area contributed by atoms with E-state index < -0.39 is 4.92 Å². The third-order valence-corrected chi connectivity index (χ3v) is 4.93. The Morgan fingerprint density at radius 2 is 2.00 bits per heavy atom. The van der Waals surface area contributed by atoms with E-state index >= 15 is 0 Å². The summed E-state index contributed by atoms with van der Waals surface area (Å²) < 4.78 is 7.89. The average molecular weight is 468 g/mol. The van der Waals surface area contributed by atoms with Crippen LogP contribution in [0.5, 0.6) is 5.75 Å². The van der Waals surface area contributed by atoms with Crippen molar-refractivity contribution in [2.45, 2.75) is 0 Å². The Labute approximate surface area is 177 Å². The summed E-state index contributed by atoms with van der Waals surface area (Å²) in [5, 5.41) is 24.7. The average Bonchev–Trinajstić information content (AvgIpc) is 3.28. The monoisotopic (exact) mass is 467 g/mol. The van der Waals surface area contributed by atoms with Crippen molar-refractivity contribution in [3.05, 3.63) is 95.9 Å². The van der Waals surface area contributed by atoms with E-state index in [-0.39, 0.29) is 28.3 Å². The minimum Gasteiger partial charge on any atom is -0.507 e. The number of phenols is 1. The lowest BCUT2D eigenvalue weighted by Crippen LogP contribution is -2.33. The Hall–Kier alpha value is -3.85. The van der Waals surface area contributed by atoms with E-state index in [0.717, 1.165) is 4.47 Å². The van der Waals surface area contributed by atoms with E-state index in [9.17, 15) is 20.0 Å². The molecule has 0 aliphatic rings. The fourth-order valence-corrected chi connectivity index (χ4v) is 3.38. The standard InChI is InChI=1S/C21H14BrN3O5/c1-12-17(21(27)24(23-12)14-4-2-3-13(22)9-14)11-16-6-8-20(30-16)18-10-15(25(28)29)5-7-19(18)26/h2-11,23,26H,1H2/b17-11-. The van der Waals surface area contributed by atoms with Gasteiger partial charge in [-0.15, -0.1) is 0 Å². The number of non-ortho nitro benzene ring substituents is 1. The highest BCUT2D eigenvalue weighted by atomic mass is 79.9. The lowest BCUT2D eigenvalue weighted by atomic mass is 10.1. The summed E-state index contributed by atoms with van der Waals surface area (Å²) in [6.45, 7) is 3.88. The normalized spacial score (nSPS) is 11.7. The van der Waals surface area contributed by atoms with Gasteiger partial charge in [-0.1, -0.05) is 28.6 Å². The van der Waals surface area contributed by atoms with Crippen LogP contribution in [0.4, 0.5) is 5.69 Å². The van der Waals surface area contributed by atoms with Crippen molar-refractivity contribution in [2.24, 2.45) is 0 Å². The zero-order chi connectivity index (χ0) is 21.4. The number of halogens is 1. The number of rotatable bonds is 4. The molecule has 0 aliphatic heterocycles. The summed E-state index contributed by atoms with van der Waals surface area (Å²) in [6.07, 6.45) is 1.52. The molecule has 0 fully saturated rings. The van der Waals surface area contributed by atoms with Crippen LogP contribution in [0.15, 0.2) is 68.3 Å². The molecule has 4 aromatic rings. The van der Waals surface area contributed by atoms with Gasteiger partial charge in [0.2, 0.25) is 0 Å². The van der Waals surface area contributed by atoms with Crippen LogP contribution < -0.4 is 16.1 Å². The number of nitrogens with zero attached hydrogens (tertiary/aromatic N) is 2. The molecule has 150 valence electrons. The lowest BCUT2D eigenvalue weighted by Gasteiger charge is -2.01. The molecule has 0 bridgehead atoms. The van der Waals surface area contributed by atoms with Gasteiger partial charge in [0.05, 0.1) is 26.7 Å². The van der Waals surface area contributed by atoms with Gasteiger partial charge < -0.3 is 9.52 Å². The maximum atomic E-state index is 12.8. The number of phenolic OH excluding ortho intramolecular Hbond substituents is 1. The van der Waals surface area contributed by atoms with Crippen molar-refractivity contribution in [2.75, 3.05) is 0 Å². The van der Waals surface area contributed by atoms with E-state index in [1.165, 1.54) is 29.0 Å². The van der Waals surface area contributed by atoms with Crippen molar-refractivity contribution >= 4 is 34.3 Å². The summed E-state index contributed by atoms with van der Waals surface area (Å²) in [6, 6.07) is 14.0. The van der Waals surface area contributed by atoms with Gasteiger partial charge >= 0.3 is 0 Å². The Morgan fingerprint density at radius 3 is 2.73 bits per heavy atom. The number of nitrogens with one attached hydrogen (secondary N) is 1. The zero-order valence-electron chi connectivity index (χ0n) is 15.3. The number of furan rings is 1. The third kappa shape index (κ3) is 3.58. The molecule has 0 spiro atoms. The number of nitro groups is 1. The van der Waals surface area contributed by atoms with Crippen molar-refractivity contribution < 1.29 is 14.4 Å². The first-order valence-electron chi connectivity index (χ1n) is 8.69. The molecule has 0 atom stereocenters. The molecule has 2 aromatic heterocycles. The van der Waals surface area contributed by atoms with Gasteiger partial charge in [0.1, 0.15) is 17.3 Å². The second kappa shape index (κ2) is 7.53. The predicted octanol–water partition coefficient (Wildman–Crippen LogP) is 3.04. The Kier molecular flexibility index (Phi) is 4.88. The molecule has 4 rings (SSSR count). The Balaban J connectivity index is 1.78. The number of benzene rings is 2. The van der Waals surface area contributed by atoms with Gasteiger partial charge in [-0.25, -0.2) is 4.68 Å². The van der Waals surface area contributed by atoms with Gasteiger partial charge in [0.25, 0.3) is 11.2 Å². The summed E-state index contributed by atoms with van der Waals surface area (Å²) in [4.78, 5) is 23.3. The molecule has 0 radical (unpaired) electrons. The molecule has 30 heavy (non-hydrogen) atoms. The molecule has 9 heteroatoms. The lowest BCUT2D eigenvalue weighted by molar-refractivity contribution is -0.384. The maximum Gasteiger partial charge on any atom is 0.279 e. The van der Waals surface area contributed by atoms with Crippen LogP contribution in [0.2, 0.25) is 0 Å². The van der Waals surface area contributed by atoms with Gasteiger partial charge in [-0.3, -0.25) is 20.0 Å². The SMILES string of the molecule is C=c1[nH]n(-c2cccc(Br)c2)c(=O)/c1=C\c1ccc(-c2cc([N+](=O)[O-])ccc2O)o1. The molecule has 0 aliphatic carbocycles. The topological polar surface area (TPSA) is 114 Å². The zero-order valence-corrected chi connectivity index (χ0v) is 16.9. The summed E-state index contributed by atoms with van der Waals surface area (Å²) in [7, 11) is 0. The number of aromatic nitrogens is 2. The number of nitro benzene ring substituents is 1. The molecular formula is C21H14BrN3O5. The second-order valence-electron chi connectivity index (χ2n) is 6.43. The van der Waals surface area contributed by atoms with Crippen LogP contribution in [0, 0.1) is 10.1 Å². The van der Waals surface area contributed by atoms with E-state index in [2.05, 4.69) is 27.6 Å². The molecule has 2 aromatic carbocycles. The largest absolute Gasteiger partial charge is 0.507 e. The number of aromatic amines is 1. The summed E-state index contributed by atoms with van der Waals surface area (Å²) in [5.74, 6) is 0.409. The molecule has 2 heterocycles. The maximum absolute atomic E-state index is 12.8. The molecular weight excluding hydrogens is 454 g/mol. The summed E-state index contributed by atoms with van der Waals surface area (Å²) >= 11 is 3.38. The first-order chi connectivity index (χ1) is 14.3. The number of H-pyrrole nitrogens is 1. The Bertz CT molecular complexity index is 1450. The molecule has 0 amide bonds. The van der Waals surface area contributed by atoms with Gasteiger partial charge in [-0.2, -0.15) is 0 Å². The number of hydrogen-bond acceptors (Lipinski definition) is 5. The molecule has 0 unspecified atom stereocenters. The Morgan fingerprint density at radius 1 is 1.20 bits per heavy atom. The first kappa shape index (κ1) is 19.5. The van der Waals surface area contributed by atoms with Crippen molar-refractivity contribution in [3.63, 3.8) is 0 Å². The van der Waals surface area contributed by atoms with Crippen LogP contribution in [-0.4, -0.2) is 19.8 Å². The van der Waals surface area contributed by atoms with Crippen LogP contribution in [0.3, 0.4) is 0 Å². The number of hydrogen-bond donors (Lipinski definition) is 2. The van der Waals surface area contributed by atoms with Gasteiger partial charge in [0, 0.05) is 16.6 Å². The van der Waals surface area contributed by atoms with Crippen LogP contribution >= 0.6 is 15.9 Å². The van der Waals surface area contributed by atoms with Crippen molar-refractivity contribution in [3.8, 4) is 22.8 Å². The predicted molar refractivity (Wildman–Crippen MR) is 115 cm³/mol. The highest BCUT2D eigenvalue weighted by molar-refractivity contribution is 9.10. The molecule has 2 N–H and O–H groups in total.